The molecule has 0 rings (SSSR count). The summed E-state index contributed by atoms with van der Waals surface area (Å²) < 4.78 is 35.2. The molecule has 8 nitrogen and oxygen atoms in total. The van der Waals surface area contributed by atoms with Gasteiger partial charge in [-0.2, -0.15) is 0 Å². The maximum absolute atomic E-state index is 12.8. The van der Waals surface area contributed by atoms with Gasteiger partial charge in [0.2, 0.25) is 0 Å². The van der Waals surface area contributed by atoms with Crippen molar-refractivity contribution in [2.24, 2.45) is 0 Å². The van der Waals surface area contributed by atoms with Crippen LogP contribution in [0.2, 0.25) is 0 Å². The Balaban J connectivity index is 4.12. The van der Waals surface area contributed by atoms with E-state index in [2.05, 4.69) is 62.5 Å². The Morgan fingerprint density at radius 2 is 0.935 bits per heavy atom. The Labute approximate surface area is 384 Å². The van der Waals surface area contributed by atoms with Crippen molar-refractivity contribution in [3.05, 3.63) is 48.6 Å². The first-order valence-corrected chi connectivity index (χ1v) is 27.4. The highest BCUT2D eigenvalue weighted by molar-refractivity contribution is 7.47. The molecule has 0 aliphatic carbocycles. The van der Waals surface area contributed by atoms with Crippen molar-refractivity contribution in [2.45, 2.75) is 232 Å². The number of carbonyl (C=O) groups is 1. The Hall–Kier alpha value is -1.54. The van der Waals surface area contributed by atoms with Gasteiger partial charge in [0.05, 0.1) is 34.4 Å². The third-order valence-corrected chi connectivity index (χ3v) is 12.1. The lowest BCUT2D eigenvalue weighted by Gasteiger charge is -2.24. The first kappa shape index (κ1) is 60.5. The third kappa shape index (κ3) is 49.5. The molecular weight excluding hydrogens is 794 g/mol. The lowest BCUT2D eigenvalue weighted by atomic mass is 10.0. The number of nitrogens with zero attached hydrogens (tertiary/aromatic N) is 1. The summed E-state index contributed by atoms with van der Waals surface area (Å²) in [5.74, 6) is -0.316. The molecule has 0 heterocycles. The van der Waals surface area contributed by atoms with Gasteiger partial charge in [-0.25, -0.2) is 4.57 Å². The predicted octanol–water partition coefficient (Wildman–Crippen LogP) is 15.9. The Morgan fingerprint density at radius 3 is 1.40 bits per heavy atom. The number of ether oxygens (including phenoxy) is 2. The normalized spacial score (nSPS) is 14.0. The zero-order valence-electron chi connectivity index (χ0n) is 41.4. The van der Waals surface area contributed by atoms with Gasteiger partial charge < -0.3 is 18.9 Å². The molecule has 0 aromatic rings. The fraction of sp³-hybridized carbons (Fsp3) is 0.830. The van der Waals surface area contributed by atoms with E-state index in [0.717, 1.165) is 57.8 Å². The molecule has 0 radical (unpaired) electrons. The molecule has 1 N–H and O–H groups in total. The number of phosphoric acid groups is 1. The molecule has 0 saturated carbocycles. The van der Waals surface area contributed by atoms with E-state index in [-0.39, 0.29) is 25.8 Å². The van der Waals surface area contributed by atoms with Crippen LogP contribution in [0.25, 0.3) is 0 Å². The number of allylic oxidation sites excluding steroid dienone is 8. The van der Waals surface area contributed by atoms with Crippen LogP contribution in [0.4, 0.5) is 0 Å². The molecule has 62 heavy (non-hydrogen) atoms. The predicted molar refractivity (Wildman–Crippen MR) is 266 cm³/mol. The summed E-state index contributed by atoms with van der Waals surface area (Å²) in [5, 5.41) is 0. The first-order valence-electron chi connectivity index (χ1n) is 25.9. The molecular formula is C53H101NO7P+. The van der Waals surface area contributed by atoms with E-state index in [4.69, 9.17) is 18.5 Å². The van der Waals surface area contributed by atoms with Crippen molar-refractivity contribution in [1.82, 2.24) is 0 Å². The molecule has 0 spiro atoms. The molecule has 0 amide bonds. The van der Waals surface area contributed by atoms with Crippen LogP contribution >= 0.6 is 7.82 Å². The van der Waals surface area contributed by atoms with Crippen LogP contribution in [0.5, 0.6) is 0 Å². The first-order chi connectivity index (χ1) is 30.1. The molecule has 0 aromatic carbocycles. The highest BCUT2D eigenvalue weighted by atomic mass is 31.2. The summed E-state index contributed by atoms with van der Waals surface area (Å²) in [5.41, 5.74) is 0. The molecule has 0 fully saturated rings. The summed E-state index contributed by atoms with van der Waals surface area (Å²) in [7, 11) is 1.67. The van der Waals surface area contributed by atoms with Gasteiger partial charge in [-0.1, -0.05) is 217 Å². The fourth-order valence-corrected chi connectivity index (χ4v) is 7.93. The quantitative estimate of drug-likeness (QED) is 0.0214. The zero-order valence-corrected chi connectivity index (χ0v) is 42.3. The van der Waals surface area contributed by atoms with E-state index in [1.54, 1.807) is 0 Å². The van der Waals surface area contributed by atoms with Gasteiger partial charge in [-0.15, -0.1) is 0 Å². The molecule has 0 aromatic heterocycles. The van der Waals surface area contributed by atoms with E-state index in [1.165, 1.54) is 148 Å². The highest BCUT2D eigenvalue weighted by Gasteiger charge is 2.26. The largest absolute Gasteiger partial charge is 0.472 e. The molecule has 0 saturated heterocycles. The number of unbranched alkanes of at least 4 members (excludes halogenated alkanes) is 26. The number of phosphoric ester groups is 1. The van der Waals surface area contributed by atoms with Crippen molar-refractivity contribution >= 4 is 13.8 Å². The molecule has 2 atom stereocenters. The fourth-order valence-electron chi connectivity index (χ4n) is 7.19. The molecule has 364 valence electrons. The van der Waals surface area contributed by atoms with Crippen LogP contribution in [-0.2, 0) is 27.9 Å². The highest BCUT2D eigenvalue weighted by Crippen LogP contribution is 2.43. The Bertz CT molecular complexity index is 1130. The standard InChI is InChI=1S/C53H100NO7P/c1-6-8-10-12-14-16-18-20-22-24-25-26-27-28-29-30-32-34-36-38-40-42-44-46-53(55)61-52(51-60-62(56,57)59-49-47-54(3,4)5)50-58-48-45-43-41-39-37-35-33-31-23-21-19-17-15-13-11-9-7-2/h8,10,14,16,20,22,25-26,52H,6-7,9,11-13,15,17-19,21,23-24,27-51H2,1-5H3/p+1/b10-8-,16-14-,22-20-,26-25-. The summed E-state index contributed by atoms with van der Waals surface area (Å²) in [6.07, 6.45) is 57.2. The summed E-state index contributed by atoms with van der Waals surface area (Å²) >= 11 is 0. The topological polar surface area (TPSA) is 91.3 Å². The lowest BCUT2D eigenvalue weighted by Crippen LogP contribution is -2.37. The van der Waals surface area contributed by atoms with Crippen LogP contribution in [0.1, 0.15) is 226 Å². The smallest absolute Gasteiger partial charge is 0.457 e. The van der Waals surface area contributed by atoms with E-state index >= 15 is 0 Å². The second kappa shape index (κ2) is 46.0. The van der Waals surface area contributed by atoms with E-state index in [1.807, 2.05) is 21.1 Å². The Morgan fingerprint density at radius 1 is 0.516 bits per heavy atom. The van der Waals surface area contributed by atoms with Gasteiger partial charge in [0, 0.05) is 13.0 Å². The lowest BCUT2D eigenvalue weighted by molar-refractivity contribution is -0.870. The summed E-state index contributed by atoms with van der Waals surface area (Å²) in [6, 6.07) is 0. The molecule has 0 aliphatic heterocycles. The number of quaternary nitrogens is 1. The second-order valence-corrected chi connectivity index (χ2v) is 20.0. The van der Waals surface area contributed by atoms with Crippen molar-refractivity contribution in [3.63, 3.8) is 0 Å². The van der Waals surface area contributed by atoms with Crippen molar-refractivity contribution in [1.29, 1.82) is 0 Å². The van der Waals surface area contributed by atoms with E-state index in [9.17, 15) is 14.3 Å². The number of likely N-dealkylation sites (N-methyl/N-ethyl adjacent to an activating group) is 1. The maximum Gasteiger partial charge on any atom is 0.472 e. The zero-order chi connectivity index (χ0) is 45.5. The van der Waals surface area contributed by atoms with Gasteiger partial charge in [0.15, 0.2) is 0 Å². The van der Waals surface area contributed by atoms with E-state index < -0.39 is 13.9 Å². The van der Waals surface area contributed by atoms with E-state index in [0.29, 0.717) is 24.1 Å². The second-order valence-electron chi connectivity index (χ2n) is 18.5. The minimum atomic E-state index is -4.28. The number of hydrogen-bond donors (Lipinski definition) is 1. The van der Waals surface area contributed by atoms with Gasteiger partial charge >= 0.3 is 13.8 Å². The number of rotatable bonds is 48. The van der Waals surface area contributed by atoms with Crippen LogP contribution < -0.4 is 0 Å². The molecule has 0 bridgehead atoms. The number of hydrogen-bond acceptors (Lipinski definition) is 6. The van der Waals surface area contributed by atoms with Gasteiger partial charge in [-0.3, -0.25) is 13.8 Å². The minimum absolute atomic E-state index is 0.0881. The average Bonchev–Trinajstić information content (AvgIpc) is 3.23. The van der Waals surface area contributed by atoms with Crippen molar-refractivity contribution in [3.8, 4) is 0 Å². The van der Waals surface area contributed by atoms with Crippen LogP contribution in [0, 0.1) is 0 Å². The van der Waals surface area contributed by atoms with Gasteiger partial charge in [0.25, 0.3) is 0 Å². The van der Waals surface area contributed by atoms with Crippen LogP contribution in [-0.4, -0.2) is 75.6 Å². The van der Waals surface area contributed by atoms with Crippen molar-refractivity contribution in [2.75, 3.05) is 54.1 Å². The summed E-state index contributed by atoms with van der Waals surface area (Å²) in [4.78, 5) is 23.0. The monoisotopic (exact) mass is 895 g/mol. The molecule has 0 aliphatic rings. The van der Waals surface area contributed by atoms with Gasteiger partial charge in [0.1, 0.15) is 19.3 Å². The van der Waals surface area contributed by atoms with Crippen LogP contribution in [0.15, 0.2) is 48.6 Å². The average molecular weight is 895 g/mol. The third-order valence-electron chi connectivity index (χ3n) is 11.2. The number of carbonyl (C=O) groups excluding carboxylic acids is 1. The Kier molecular flexibility index (Phi) is 44.9. The molecule has 9 heteroatoms. The van der Waals surface area contributed by atoms with Crippen molar-refractivity contribution < 1.29 is 37.3 Å². The maximum atomic E-state index is 12.8. The van der Waals surface area contributed by atoms with Gasteiger partial charge in [-0.05, 0) is 51.4 Å². The SMILES string of the molecule is CC/C=C\C/C=C\C/C=C\C/C=C\CCCCCCCCCCCCC(=O)OC(COCCCCCCCCCCCCCCCCCCC)COP(=O)(O)OCC[N+](C)(C)C. The number of esters is 1. The molecule has 2 unspecified atom stereocenters. The van der Waals surface area contributed by atoms with Crippen LogP contribution in [0.3, 0.4) is 0 Å². The summed E-state index contributed by atoms with van der Waals surface area (Å²) in [6.45, 7) is 5.54. The minimum Gasteiger partial charge on any atom is -0.457 e.